The summed E-state index contributed by atoms with van der Waals surface area (Å²) in [6.45, 7) is 2.30. The van der Waals surface area contributed by atoms with Gasteiger partial charge in [0.25, 0.3) is 0 Å². The van der Waals surface area contributed by atoms with Crippen molar-refractivity contribution in [2.24, 2.45) is 5.10 Å². The lowest BCUT2D eigenvalue weighted by atomic mass is 9.83. The molecule has 0 saturated heterocycles. The molecule has 0 heterocycles. The van der Waals surface area contributed by atoms with Crippen molar-refractivity contribution < 1.29 is 0 Å². The summed E-state index contributed by atoms with van der Waals surface area (Å²) in [4.78, 5) is 0. The summed E-state index contributed by atoms with van der Waals surface area (Å²) in [5.74, 6) is 0.669. The number of benzene rings is 1. The van der Waals surface area contributed by atoms with Crippen molar-refractivity contribution in [3.63, 3.8) is 0 Å². The van der Waals surface area contributed by atoms with E-state index in [-0.39, 0.29) is 0 Å². The SMILES string of the molecule is C[C@@H]1CC/C(=N/N(C)C)c2ccccc21. The fourth-order valence-corrected chi connectivity index (χ4v) is 2.18. The molecule has 0 N–H and O–H groups in total. The minimum absolute atomic E-state index is 0.669. The van der Waals surface area contributed by atoms with Crippen LogP contribution in [0.25, 0.3) is 0 Å². The van der Waals surface area contributed by atoms with Gasteiger partial charge in [0, 0.05) is 19.7 Å². The molecular formula is C13H18N2. The first-order valence-electron chi connectivity index (χ1n) is 5.52. The molecule has 2 nitrogen and oxygen atoms in total. The molecule has 0 aliphatic heterocycles. The molecule has 2 rings (SSSR count). The van der Waals surface area contributed by atoms with Gasteiger partial charge in [0.2, 0.25) is 0 Å². The van der Waals surface area contributed by atoms with E-state index in [9.17, 15) is 0 Å². The number of hydrogen-bond acceptors (Lipinski definition) is 2. The molecule has 0 aromatic heterocycles. The van der Waals surface area contributed by atoms with E-state index in [1.807, 2.05) is 19.1 Å². The highest BCUT2D eigenvalue weighted by molar-refractivity contribution is 6.02. The van der Waals surface area contributed by atoms with E-state index in [2.05, 4.69) is 36.3 Å². The predicted octanol–water partition coefficient (Wildman–Crippen LogP) is 2.85. The first kappa shape index (κ1) is 10.2. The smallest absolute Gasteiger partial charge is 0.0680 e. The minimum atomic E-state index is 0.669. The Hall–Kier alpha value is -1.31. The number of nitrogens with zero attached hydrogens (tertiary/aromatic N) is 2. The van der Waals surface area contributed by atoms with Gasteiger partial charge in [-0.2, -0.15) is 5.10 Å². The lowest BCUT2D eigenvalue weighted by Gasteiger charge is -2.24. The van der Waals surface area contributed by atoms with E-state index in [4.69, 9.17) is 0 Å². The van der Waals surface area contributed by atoms with Crippen molar-refractivity contribution >= 4 is 5.71 Å². The van der Waals surface area contributed by atoms with Crippen molar-refractivity contribution in [3.05, 3.63) is 35.4 Å². The standard InChI is InChI=1S/C13H18N2/c1-10-8-9-13(14-15(2)3)12-7-5-4-6-11(10)12/h4-7,10H,8-9H2,1-3H3/b14-13-/t10-/m1/s1. The van der Waals surface area contributed by atoms with Gasteiger partial charge in [-0.3, -0.25) is 0 Å². The topological polar surface area (TPSA) is 15.6 Å². The molecule has 1 atom stereocenters. The Labute approximate surface area is 91.6 Å². The lowest BCUT2D eigenvalue weighted by Crippen LogP contribution is -2.18. The van der Waals surface area contributed by atoms with Gasteiger partial charge in [-0.15, -0.1) is 0 Å². The summed E-state index contributed by atoms with van der Waals surface area (Å²) < 4.78 is 0. The second kappa shape index (κ2) is 4.05. The van der Waals surface area contributed by atoms with Crippen LogP contribution in [0.4, 0.5) is 0 Å². The van der Waals surface area contributed by atoms with Gasteiger partial charge in [-0.1, -0.05) is 31.2 Å². The molecule has 1 aromatic carbocycles. The molecule has 1 aromatic rings. The Bertz CT molecular complexity index is 380. The number of rotatable bonds is 1. The summed E-state index contributed by atoms with van der Waals surface area (Å²) in [5, 5.41) is 6.45. The van der Waals surface area contributed by atoms with Gasteiger partial charge in [-0.05, 0) is 24.3 Å². The van der Waals surface area contributed by atoms with Crippen molar-refractivity contribution in [1.82, 2.24) is 5.01 Å². The fourth-order valence-electron chi connectivity index (χ4n) is 2.18. The van der Waals surface area contributed by atoms with Crippen LogP contribution in [0.5, 0.6) is 0 Å². The average Bonchev–Trinajstić information content (AvgIpc) is 2.22. The zero-order chi connectivity index (χ0) is 10.8. The number of fused-ring (bicyclic) bond motifs is 1. The van der Waals surface area contributed by atoms with Crippen LogP contribution >= 0.6 is 0 Å². The molecule has 0 radical (unpaired) electrons. The van der Waals surface area contributed by atoms with E-state index in [1.54, 1.807) is 0 Å². The highest BCUT2D eigenvalue weighted by atomic mass is 15.4. The van der Waals surface area contributed by atoms with Crippen LogP contribution in [0.1, 0.15) is 36.8 Å². The van der Waals surface area contributed by atoms with Crippen molar-refractivity contribution in [2.75, 3.05) is 14.1 Å². The maximum absolute atomic E-state index is 4.56. The average molecular weight is 202 g/mol. The molecular weight excluding hydrogens is 184 g/mol. The molecule has 0 saturated carbocycles. The summed E-state index contributed by atoms with van der Waals surface area (Å²) in [6, 6.07) is 8.63. The van der Waals surface area contributed by atoms with Gasteiger partial charge in [-0.25, -0.2) is 0 Å². The molecule has 1 aliphatic carbocycles. The number of hydrogen-bond donors (Lipinski definition) is 0. The van der Waals surface area contributed by atoms with Gasteiger partial charge < -0.3 is 5.01 Å². The third-order valence-corrected chi connectivity index (χ3v) is 2.94. The first-order chi connectivity index (χ1) is 7.18. The second-order valence-electron chi connectivity index (χ2n) is 4.42. The summed E-state index contributed by atoms with van der Waals surface area (Å²) >= 11 is 0. The molecule has 80 valence electrons. The Kier molecular flexibility index (Phi) is 2.76. The fraction of sp³-hybridized carbons (Fsp3) is 0.462. The maximum Gasteiger partial charge on any atom is 0.0680 e. The van der Waals surface area contributed by atoms with Gasteiger partial charge >= 0.3 is 0 Å². The monoisotopic (exact) mass is 202 g/mol. The summed E-state index contributed by atoms with van der Waals surface area (Å²) in [5.41, 5.74) is 4.02. The third kappa shape index (κ3) is 2.04. The van der Waals surface area contributed by atoms with E-state index in [0.29, 0.717) is 5.92 Å². The number of hydrazone groups is 1. The zero-order valence-corrected chi connectivity index (χ0v) is 9.70. The predicted molar refractivity (Wildman–Crippen MR) is 64.3 cm³/mol. The van der Waals surface area contributed by atoms with E-state index in [1.165, 1.54) is 23.3 Å². The summed E-state index contributed by atoms with van der Waals surface area (Å²) in [7, 11) is 3.96. The maximum atomic E-state index is 4.56. The van der Waals surface area contributed by atoms with Crippen LogP contribution in [0, 0.1) is 0 Å². The third-order valence-electron chi connectivity index (χ3n) is 2.94. The van der Waals surface area contributed by atoms with E-state index in [0.717, 1.165) is 6.42 Å². The Balaban J connectivity index is 2.45. The van der Waals surface area contributed by atoms with Crippen LogP contribution in [0.3, 0.4) is 0 Å². The molecule has 0 bridgehead atoms. The molecule has 15 heavy (non-hydrogen) atoms. The van der Waals surface area contributed by atoms with Crippen molar-refractivity contribution in [2.45, 2.75) is 25.7 Å². The largest absolute Gasteiger partial charge is 0.303 e. The highest BCUT2D eigenvalue weighted by Crippen LogP contribution is 2.31. The Morgan fingerprint density at radius 3 is 2.73 bits per heavy atom. The minimum Gasteiger partial charge on any atom is -0.303 e. The van der Waals surface area contributed by atoms with E-state index >= 15 is 0 Å². The molecule has 2 heteroatoms. The lowest BCUT2D eigenvalue weighted by molar-refractivity contribution is 0.435. The van der Waals surface area contributed by atoms with Crippen molar-refractivity contribution in [1.29, 1.82) is 0 Å². The van der Waals surface area contributed by atoms with Crippen LogP contribution in [0.15, 0.2) is 29.4 Å². The highest BCUT2D eigenvalue weighted by Gasteiger charge is 2.20. The van der Waals surface area contributed by atoms with Crippen LogP contribution in [-0.2, 0) is 0 Å². The van der Waals surface area contributed by atoms with Crippen LogP contribution in [-0.4, -0.2) is 24.8 Å². The van der Waals surface area contributed by atoms with Crippen molar-refractivity contribution in [3.8, 4) is 0 Å². The molecule has 0 spiro atoms. The molecule has 1 aliphatic rings. The van der Waals surface area contributed by atoms with Gasteiger partial charge in [0.1, 0.15) is 0 Å². The zero-order valence-electron chi connectivity index (χ0n) is 9.70. The van der Waals surface area contributed by atoms with Crippen LogP contribution in [0.2, 0.25) is 0 Å². The molecule has 0 amide bonds. The van der Waals surface area contributed by atoms with Gasteiger partial charge in [0.15, 0.2) is 0 Å². The summed E-state index contributed by atoms with van der Waals surface area (Å²) in [6.07, 6.45) is 2.31. The Morgan fingerprint density at radius 2 is 2.00 bits per heavy atom. The van der Waals surface area contributed by atoms with Gasteiger partial charge in [0.05, 0.1) is 5.71 Å². The van der Waals surface area contributed by atoms with Crippen LogP contribution < -0.4 is 0 Å². The normalized spacial score (nSPS) is 22.6. The van der Waals surface area contributed by atoms with E-state index < -0.39 is 0 Å². The molecule has 0 unspecified atom stereocenters. The quantitative estimate of drug-likeness (QED) is 0.639. The Morgan fingerprint density at radius 1 is 1.27 bits per heavy atom. The second-order valence-corrected chi connectivity index (χ2v) is 4.42. The first-order valence-corrected chi connectivity index (χ1v) is 5.52. The molecule has 0 fully saturated rings.